The van der Waals surface area contributed by atoms with Gasteiger partial charge in [-0.3, -0.25) is 0 Å². The van der Waals surface area contributed by atoms with Gasteiger partial charge in [-0.1, -0.05) is 0 Å². The van der Waals surface area contributed by atoms with Crippen molar-refractivity contribution in [3.63, 3.8) is 0 Å². The second kappa shape index (κ2) is 15.1. The molecule has 0 unspecified atom stereocenters. The summed E-state index contributed by atoms with van der Waals surface area (Å²) in [5, 5.41) is 0. The third kappa shape index (κ3) is 8.98. The molecule has 0 radical (unpaired) electrons. The molecule has 0 aliphatic carbocycles. The van der Waals surface area contributed by atoms with Crippen molar-refractivity contribution in [1.82, 2.24) is 0 Å². The van der Waals surface area contributed by atoms with Gasteiger partial charge >= 0.3 is 149 Å². The molecular weight excluding hydrogens is 398 g/mol. The summed E-state index contributed by atoms with van der Waals surface area (Å²) in [5.41, 5.74) is 1.73. The molecule has 1 nitrogen and oxygen atoms in total. The van der Waals surface area contributed by atoms with Crippen LogP contribution in [0.4, 0.5) is 0 Å². The minimum atomic E-state index is -2.34. The first-order chi connectivity index (χ1) is 10.7. The van der Waals surface area contributed by atoms with Crippen LogP contribution in [-0.4, -0.2) is 31.6 Å². The zero-order valence-electron chi connectivity index (χ0n) is 15.3. The van der Waals surface area contributed by atoms with Crippen LogP contribution in [0.1, 0.15) is 66.2 Å². The number of rotatable bonds is 14. The number of hydrogen-bond acceptors (Lipinski definition) is 1. The second-order valence-electron chi connectivity index (χ2n) is 6.20. The van der Waals surface area contributed by atoms with Crippen LogP contribution in [0.3, 0.4) is 0 Å². The van der Waals surface area contributed by atoms with Crippen LogP contribution >= 0.6 is 11.6 Å². The van der Waals surface area contributed by atoms with E-state index in [1.54, 1.807) is 9.12 Å². The predicted octanol–water partition coefficient (Wildman–Crippen LogP) is 7.09. The predicted molar refractivity (Wildman–Crippen MR) is 104 cm³/mol. The summed E-state index contributed by atoms with van der Waals surface area (Å²) in [6.07, 6.45) is 12.6. The van der Waals surface area contributed by atoms with E-state index in [1.165, 1.54) is 51.8 Å². The summed E-state index contributed by atoms with van der Waals surface area (Å²) in [6, 6.07) is 0. The Morgan fingerprint density at radius 1 is 0.909 bits per heavy atom. The molecule has 22 heavy (non-hydrogen) atoms. The summed E-state index contributed by atoms with van der Waals surface area (Å²) < 4.78 is 11.6. The molecule has 0 N–H and O–H groups in total. The maximum atomic E-state index is 5.99. The maximum absolute atomic E-state index is 5.99. The molecule has 3 heteroatoms. The van der Waals surface area contributed by atoms with E-state index in [1.807, 2.05) is 0 Å². The minimum absolute atomic E-state index is 0.746. The first-order valence-corrected chi connectivity index (χ1v) is 17.2. The normalized spacial score (nSPS) is 13.2. The van der Waals surface area contributed by atoms with Gasteiger partial charge < -0.3 is 0 Å². The molecule has 0 bridgehead atoms. The van der Waals surface area contributed by atoms with Gasteiger partial charge in [0.2, 0.25) is 0 Å². The van der Waals surface area contributed by atoms with Gasteiger partial charge in [-0.05, 0) is 0 Å². The molecule has 0 aromatic heterocycles. The van der Waals surface area contributed by atoms with Crippen molar-refractivity contribution >= 4 is 30.0 Å². The van der Waals surface area contributed by atoms with Crippen LogP contribution < -0.4 is 0 Å². The Bertz CT molecular complexity index is 291. The third-order valence-electron chi connectivity index (χ3n) is 4.51. The SMILES string of the molecule is CCC[CH2][Sn]([CH2]CCC)([CH2]CCC)[C](=C\COCC)/C=C/Cl. The van der Waals surface area contributed by atoms with E-state index < -0.39 is 18.4 Å². The molecule has 0 atom stereocenters. The molecule has 0 fully saturated rings. The molecule has 0 aromatic rings. The summed E-state index contributed by atoms with van der Waals surface area (Å²) in [7, 11) is 0. The van der Waals surface area contributed by atoms with Crippen molar-refractivity contribution in [2.45, 2.75) is 79.5 Å². The van der Waals surface area contributed by atoms with Crippen molar-refractivity contribution in [3.8, 4) is 0 Å². The van der Waals surface area contributed by atoms with Gasteiger partial charge in [0.1, 0.15) is 0 Å². The van der Waals surface area contributed by atoms with Gasteiger partial charge in [-0.2, -0.15) is 0 Å². The third-order valence-corrected chi connectivity index (χ3v) is 20.4. The van der Waals surface area contributed by atoms with Crippen molar-refractivity contribution < 1.29 is 4.74 Å². The Morgan fingerprint density at radius 3 is 1.77 bits per heavy atom. The van der Waals surface area contributed by atoms with Crippen LogP contribution in [-0.2, 0) is 4.74 Å². The average molecular weight is 436 g/mol. The summed E-state index contributed by atoms with van der Waals surface area (Å²) >= 11 is 3.65. The van der Waals surface area contributed by atoms with E-state index in [-0.39, 0.29) is 0 Å². The van der Waals surface area contributed by atoms with Crippen LogP contribution in [0.2, 0.25) is 13.3 Å². The van der Waals surface area contributed by atoms with E-state index in [0.717, 1.165) is 13.2 Å². The fraction of sp³-hybridized carbons (Fsp3) is 0.789. The second-order valence-corrected chi connectivity index (χ2v) is 19.7. The first-order valence-electron chi connectivity index (χ1n) is 9.25. The van der Waals surface area contributed by atoms with E-state index >= 15 is 0 Å². The van der Waals surface area contributed by atoms with Gasteiger partial charge in [0.25, 0.3) is 0 Å². The van der Waals surface area contributed by atoms with E-state index in [9.17, 15) is 0 Å². The summed E-state index contributed by atoms with van der Waals surface area (Å²) in [4.78, 5) is 0. The van der Waals surface area contributed by atoms with Crippen molar-refractivity contribution in [2.75, 3.05) is 13.2 Å². The van der Waals surface area contributed by atoms with Gasteiger partial charge in [-0.25, -0.2) is 0 Å². The van der Waals surface area contributed by atoms with E-state index in [2.05, 4.69) is 39.8 Å². The molecule has 0 aromatic carbocycles. The summed E-state index contributed by atoms with van der Waals surface area (Å²) in [6.45, 7) is 10.5. The van der Waals surface area contributed by atoms with Gasteiger partial charge in [0.15, 0.2) is 0 Å². The zero-order valence-corrected chi connectivity index (χ0v) is 18.9. The topological polar surface area (TPSA) is 9.23 Å². The molecule has 0 heterocycles. The zero-order chi connectivity index (χ0) is 16.7. The van der Waals surface area contributed by atoms with Crippen LogP contribution in [0.25, 0.3) is 0 Å². The summed E-state index contributed by atoms with van der Waals surface area (Å²) in [5.74, 6) is 0. The van der Waals surface area contributed by atoms with Gasteiger partial charge in [0.05, 0.1) is 0 Å². The molecule has 0 aliphatic rings. The van der Waals surface area contributed by atoms with Crippen molar-refractivity contribution in [2.24, 2.45) is 0 Å². The van der Waals surface area contributed by atoms with Crippen molar-refractivity contribution in [3.05, 3.63) is 21.3 Å². The Balaban J connectivity index is 5.39. The Labute approximate surface area is 148 Å². The Morgan fingerprint density at radius 2 is 1.41 bits per heavy atom. The fourth-order valence-corrected chi connectivity index (χ4v) is 19.7. The number of allylic oxidation sites excluding steroid dienone is 2. The molecule has 130 valence electrons. The van der Waals surface area contributed by atoms with Crippen LogP contribution in [0.15, 0.2) is 21.3 Å². The molecular formula is C19H37ClOSn. The molecule has 0 rings (SSSR count). The number of hydrogen-bond donors (Lipinski definition) is 0. The number of ether oxygens (including phenoxy) is 1. The van der Waals surface area contributed by atoms with E-state index in [4.69, 9.17) is 16.3 Å². The standard InChI is InChI=1S/C7H10ClO.3C4H9.Sn/c1-2-9-7-5-3-4-6-8;3*1-3-4-2;/h4-6H,2,7H2,1H3;3*1,3-4H2,2H3;/b5-3?,6-4+;;;;. The monoisotopic (exact) mass is 436 g/mol. The molecule has 0 saturated carbocycles. The number of halogens is 1. The molecule has 0 aliphatic heterocycles. The van der Waals surface area contributed by atoms with Gasteiger partial charge in [0, 0.05) is 0 Å². The molecule has 0 saturated heterocycles. The Hall–Kier alpha value is 0.529. The molecule has 0 amide bonds. The number of unbranched alkanes of at least 4 members (excludes halogenated alkanes) is 3. The molecule has 0 spiro atoms. The average Bonchev–Trinajstić information content (AvgIpc) is 2.54. The van der Waals surface area contributed by atoms with Crippen LogP contribution in [0.5, 0.6) is 0 Å². The van der Waals surface area contributed by atoms with Crippen LogP contribution in [0, 0.1) is 0 Å². The van der Waals surface area contributed by atoms with E-state index in [0.29, 0.717) is 0 Å². The van der Waals surface area contributed by atoms with Crippen molar-refractivity contribution in [1.29, 1.82) is 0 Å². The Kier molecular flexibility index (Phi) is 15.4. The fourth-order valence-electron chi connectivity index (χ4n) is 3.15. The van der Waals surface area contributed by atoms with Gasteiger partial charge in [-0.15, -0.1) is 0 Å². The first kappa shape index (κ1) is 22.5. The quantitative estimate of drug-likeness (QED) is 0.161.